The Balaban J connectivity index is 2.03. The Bertz CT molecular complexity index is 697. The number of hydrogen-bond acceptors (Lipinski definition) is 3. The molecule has 20 heavy (non-hydrogen) atoms. The maximum atomic E-state index is 12.0. The summed E-state index contributed by atoms with van der Waals surface area (Å²) in [7, 11) is -3.37. The van der Waals surface area contributed by atoms with E-state index in [4.69, 9.17) is 5.73 Å². The Morgan fingerprint density at radius 3 is 2.55 bits per heavy atom. The van der Waals surface area contributed by atoms with Crippen molar-refractivity contribution in [3.05, 3.63) is 65.2 Å². The lowest BCUT2D eigenvalue weighted by Gasteiger charge is -2.09. The average Bonchev–Trinajstić information content (AvgIpc) is 2.37. The van der Waals surface area contributed by atoms with Crippen molar-refractivity contribution in [2.45, 2.75) is 19.2 Å². The molecule has 0 amide bonds. The van der Waals surface area contributed by atoms with Crippen molar-refractivity contribution >= 4 is 15.7 Å². The molecule has 0 aliphatic heterocycles. The van der Waals surface area contributed by atoms with E-state index in [1.165, 1.54) is 0 Å². The second-order valence-electron chi connectivity index (χ2n) is 4.75. The summed E-state index contributed by atoms with van der Waals surface area (Å²) >= 11 is 0. The van der Waals surface area contributed by atoms with Crippen LogP contribution in [0.1, 0.15) is 16.7 Å². The van der Waals surface area contributed by atoms with E-state index in [2.05, 4.69) is 4.72 Å². The van der Waals surface area contributed by atoms with E-state index in [9.17, 15) is 8.42 Å². The van der Waals surface area contributed by atoms with Gasteiger partial charge in [-0.05, 0) is 35.7 Å². The molecule has 2 aromatic carbocycles. The van der Waals surface area contributed by atoms with Crippen LogP contribution in [-0.4, -0.2) is 8.42 Å². The first-order chi connectivity index (χ1) is 9.46. The van der Waals surface area contributed by atoms with Gasteiger partial charge in [-0.1, -0.05) is 36.4 Å². The molecule has 0 saturated heterocycles. The third-order valence-corrected chi connectivity index (χ3v) is 4.35. The molecular formula is C15H18N2O2S. The summed E-state index contributed by atoms with van der Waals surface area (Å²) in [5.41, 5.74) is 8.94. The van der Waals surface area contributed by atoms with Crippen molar-refractivity contribution in [1.82, 2.24) is 4.72 Å². The first-order valence-electron chi connectivity index (χ1n) is 6.32. The maximum absolute atomic E-state index is 12.0. The smallest absolute Gasteiger partial charge is 0.216 e. The van der Waals surface area contributed by atoms with Gasteiger partial charge in [0.2, 0.25) is 10.0 Å². The summed E-state index contributed by atoms with van der Waals surface area (Å²) in [5.74, 6) is -0.0656. The van der Waals surface area contributed by atoms with Crippen molar-refractivity contribution < 1.29 is 8.42 Å². The number of sulfonamides is 1. The fourth-order valence-corrected chi connectivity index (χ4v) is 3.05. The number of nitrogens with two attached hydrogens (primary N) is 1. The van der Waals surface area contributed by atoms with E-state index >= 15 is 0 Å². The second-order valence-corrected chi connectivity index (χ2v) is 6.56. The summed E-state index contributed by atoms with van der Waals surface area (Å²) in [6, 6.07) is 14.6. The Hall–Kier alpha value is -1.85. The van der Waals surface area contributed by atoms with E-state index in [1.54, 1.807) is 24.3 Å². The van der Waals surface area contributed by atoms with Crippen molar-refractivity contribution in [3.63, 3.8) is 0 Å². The Labute approximate surface area is 119 Å². The molecule has 0 atom stereocenters. The molecule has 5 heteroatoms. The summed E-state index contributed by atoms with van der Waals surface area (Å²) in [4.78, 5) is 0. The average molecular weight is 290 g/mol. The molecule has 106 valence electrons. The summed E-state index contributed by atoms with van der Waals surface area (Å²) < 4.78 is 26.7. The first-order valence-corrected chi connectivity index (χ1v) is 7.98. The third kappa shape index (κ3) is 4.08. The van der Waals surface area contributed by atoms with E-state index in [-0.39, 0.29) is 5.75 Å². The van der Waals surface area contributed by atoms with Gasteiger partial charge in [0.05, 0.1) is 5.75 Å². The fraction of sp³-hybridized carbons (Fsp3) is 0.200. The van der Waals surface area contributed by atoms with Crippen LogP contribution in [0.15, 0.2) is 48.5 Å². The minimum Gasteiger partial charge on any atom is -0.399 e. The maximum Gasteiger partial charge on any atom is 0.216 e. The number of aryl methyl sites for hydroxylation is 1. The van der Waals surface area contributed by atoms with Gasteiger partial charge in [-0.2, -0.15) is 0 Å². The molecule has 0 aliphatic rings. The van der Waals surface area contributed by atoms with Gasteiger partial charge in [-0.25, -0.2) is 13.1 Å². The van der Waals surface area contributed by atoms with Crippen LogP contribution in [0.2, 0.25) is 0 Å². The molecule has 2 aromatic rings. The molecule has 4 nitrogen and oxygen atoms in total. The van der Waals surface area contributed by atoms with Gasteiger partial charge in [-0.3, -0.25) is 0 Å². The zero-order valence-electron chi connectivity index (χ0n) is 11.3. The van der Waals surface area contributed by atoms with E-state index < -0.39 is 10.0 Å². The minimum atomic E-state index is -3.37. The Morgan fingerprint density at radius 2 is 1.85 bits per heavy atom. The predicted molar refractivity (Wildman–Crippen MR) is 81.5 cm³/mol. The number of anilines is 1. The molecule has 0 aromatic heterocycles. The quantitative estimate of drug-likeness (QED) is 0.829. The molecule has 0 bridgehead atoms. The molecule has 0 saturated carbocycles. The van der Waals surface area contributed by atoms with E-state index in [0.717, 1.165) is 11.1 Å². The molecule has 0 unspecified atom stereocenters. The Kier molecular flexibility index (Phi) is 4.42. The molecule has 2 rings (SSSR count). The minimum absolute atomic E-state index is 0.0656. The lowest BCUT2D eigenvalue weighted by Crippen LogP contribution is -2.25. The van der Waals surface area contributed by atoms with Crippen molar-refractivity contribution in [1.29, 1.82) is 0 Å². The summed E-state index contributed by atoms with van der Waals surface area (Å²) in [6.45, 7) is 2.26. The van der Waals surface area contributed by atoms with Gasteiger partial charge in [0.15, 0.2) is 0 Å². The number of nitrogens with one attached hydrogen (secondary N) is 1. The number of hydrogen-bond donors (Lipinski definition) is 2. The first kappa shape index (κ1) is 14.6. The number of nitrogen functional groups attached to an aromatic ring is 1. The van der Waals surface area contributed by atoms with Crippen LogP contribution in [0.3, 0.4) is 0 Å². The second kappa shape index (κ2) is 6.07. The van der Waals surface area contributed by atoms with Crippen LogP contribution in [0.4, 0.5) is 5.69 Å². The van der Waals surface area contributed by atoms with Crippen molar-refractivity contribution in [2.24, 2.45) is 0 Å². The molecule has 3 N–H and O–H groups in total. The number of rotatable bonds is 5. The van der Waals surface area contributed by atoms with Crippen LogP contribution in [0.25, 0.3) is 0 Å². The summed E-state index contributed by atoms with van der Waals surface area (Å²) in [5, 5.41) is 0. The van der Waals surface area contributed by atoms with E-state index in [0.29, 0.717) is 17.8 Å². The molecule has 0 heterocycles. The third-order valence-electron chi connectivity index (χ3n) is 3.05. The van der Waals surface area contributed by atoms with Crippen LogP contribution in [-0.2, 0) is 22.3 Å². The molecule has 0 spiro atoms. The summed E-state index contributed by atoms with van der Waals surface area (Å²) in [6.07, 6.45) is 0. The van der Waals surface area contributed by atoms with Gasteiger partial charge in [0, 0.05) is 12.2 Å². The van der Waals surface area contributed by atoms with Gasteiger partial charge < -0.3 is 5.73 Å². The lowest BCUT2D eigenvalue weighted by atomic mass is 10.1. The van der Waals surface area contributed by atoms with E-state index in [1.807, 2.05) is 31.2 Å². The number of benzene rings is 2. The zero-order chi connectivity index (χ0) is 14.6. The highest BCUT2D eigenvalue weighted by molar-refractivity contribution is 7.88. The van der Waals surface area contributed by atoms with Gasteiger partial charge in [0.1, 0.15) is 0 Å². The van der Waals surface area contributed by atoms with Crippen molar-refractivity contribution in [2.75, 3.05) is 5.73 Å². The monoisotopic (exact) mass is 290 g/mol. The fourth-order valence-electron chi connectivity index (χ4n) is 1.95. The van der Waals surface area contributed by atoms with Crippen LogP contribution >= 0.6 is 0 Å². The normalized spacial score (nSPS) is 11.4. The zero-order valence-corrected chi connectivity index (χ0v) is 12.2. The molecule has 0 aliphatic carbocycles. The highest BCUT2D eigenvalue weighted by Gasteiger charge is 2.11. The highest BCUT2D eigenvalue weighted by atomic mass is 32.2. The molecule has 0 radical (unpaired) electrons. The lowest BCUT2D eigenvalue weighted by molar-refractivity contribution is 0.580. The predicted octanol–water partition coefficient (Wildman–Crippen LogP) is 2.20. The molecular weight excluding hydrogens is 272 g/mol. The van der Waals surface area contributed by atoms with Gasteiger partial charge in [0.25, 0.3) is 0 Å². The SMILES string of the molecule is Cc1ccccc1CNS(=O)(=O)Cc1cccc(N)c1. The topological polar surface area (TPSA) is 72.2 Å². The standard InChI is InChI=1S/C15H18N2O2S/c1-12-5-2-3-7-14(12)10-17-20(18,19)11-13-6-4-8-15(16)9-13/h2-9,17H,10-11,16H2,1H3. The van der Waals surface area contributed by atoms with Crippen LogP contribution in [0, 0.1) is 6.92 Å². The van der Waals surface area contributed by atoms with Crippen molar-refractivity contribution in [3.8, 4) is 0 Å². The Morgan fingerprint density at radius 1 is 1.10 bits per heavy atom. The molecule has 0 fully saturated rings. The highest BCUT2D eigenvalue weighted by Crippen LogP contribution is 2.11. The largest absolute Gasteiger partial charge is 0.399 e. The van der Waals surface area contributed by atoms with Gasteiger partial charge >= 0.3 is 0 Å². The van der Waals surface area contributed by atoms with Gasteiger partial charge in [-0.15, -0.1) is 0 Å². The van der Waals surface area contributed by atoms with Crippen LogP contribution in [0.5, 0.6) is 0 Å². The van der Waals surface area contributed by atoms with Crippen LogP contribution < -0.4 is 10.5 Å².